The first-order valence-corrected chi connectivity index (χ1v) is 9.92. The molecule has 4 aromatic rings. The topological polar surface area (TPSA) is 85.5 Å². The first kappa shape index (κ1) is 19.3. The molecule has 4 aromatic heterocycles. The van der Waals surface area contributed by atoms with Crippen LogP contribution in [0.4, 0.5) is 4.39 Å². The van der Waals surface area contributed by atoms with Gasteiger partial charge in [0.1, 0.15) is 11.9 Å². The Balaban J connectivity index is 1.32. The Morgan fingerprint density at radius 2 is 2.10 bits per heavy atom. The van der Waals surface area contributed by atoms with E-state index in [-0.39, 0.29) is 12.3 Å². The number of morpholine rings is 1. The van der Waals surface area contributed by atoms with Gasteiger partial charge >= 0.3 is 0 Å². The molecule has 0 spiro atoms. The summed E-state index contributed by atoms with van der Waals surface area (Å²) < 4.78 is 20.6. The van der Waals surface area contributed by atoms with Gasteiger partial charge in [0.2, 0.25) is 5.91 Å². The van der Waals surface area contributed by atoms with E-state index in [9.17, 15) is 9.18 Å². The van der Waals surface area contributed by atoms with E-state index in [1.165, 1.54) is 12.1 Å². The maximum absolute atomic E-state index is 13.0. The van der Waals surface area contributed by atoms with Crippen molar-refractivity contribution in [2.24, 2.45) is 0 Å². The number of fused-ring (bicyclic) bond motifs is 1. The van der Waals surface area contributed by atoms with Crippen LogP contribution in [-0.2, 0) is 16.0 Å². The van der Waals surface area contributed by atoms with Crippen molar-refractivity contribution in [1.29, 1.82) is 0 Å². The standard InChI is InChI=1S/C22H19FN6O2/c23-17-4-5-18(25-12-17)10-21(30)28-8-9-31-19(14-28)22-26-20-6-3-16(13-29(20)27-22)15-2-1-7-24-11-15/h1-7,11-13,19H,8-10,14H2. The molecule has 9 heteroatoms. The molecule has 1 amide bonds. The van der Waals surface area contributed by atoms with Crippen LogP contribution in [0.1, 0.15) is 17.6 Å². The van der Waals surface area contributed by atoms with Crippen molar-refractivity contribution < 1.29 is 13.9 Å². The number of aromatic nitrogens is 5. The highest BCUT2D eigenvalue weighted by Crippen LogP contribution is 2.23. The SMILES string of the molecule is O=C(Cc1ccc(F)cn1)N1CCOC(c2nc3ccc(-c4cccnc4)cn3n2)C1. The molecule has 5 rings (SSSR count). The Bertz CT molecular complexity index is 1210. The molecule has 1 atom stereocenters. The number of halogens is 1. The fourth-order valence-corrected chi connectivity index (χ4v) is 3.55. The number of carbonyl (C=O) groups excluding carboxylic acids is 1. The molecule has 0 aliphatic carbocycles. The van der Waals surface area contributed by atoms with Gasteiger partial charge in [-0.1, -0.05) is 6.07 Å². The van der Waals surface area contributed by atoms with Crippen molar-refractivity contribution in [3.05, 3.63) is 78.5 Å². The number of hydrogen-bond donors (Lipinski definition) is 0. The highest BCUT2D eigenvalue weighted by molar-refractivity contribution is 5.78. The van der Waals surface area contributed by atoms with E-state index < -0.39 is 11.9 Å². The largest absolute Gasteiger partial charge is 0.366 e. The van der Waals surface area contributed by atoms with E-state index >= 15 is 0 Å². The first-order chi connectivity index (χ1) is 15.2. The Hall–Kier alpha value is -3.72. The van der Waals surface area contributed by atoms with Gasteiger partial charge in [-0.05, 0) is 30.3 Å². The lowest BCUT2D eigenvalue weighted by molar-refractivity contribution is -0.138. The smallest absolute Gasteiger partial charge is 0.228 e. The average molecular weight is 418 g/mol. The van der Waals surface area contributed by atoms with E-state index in [4.69, 9.17) is 4.74 Å². The molecule has 1 aliphatic rings. The molecule has 8 nitrogen and oxygen atoms in total. The van der Waals surface area contributed by atoms with Crippen LogP contribution < -0.4 is 0 Å². The van der Waals surface area contributed by atoms with Gasteiger partial charge in [0, 0.05) is 42.0 Å². The van der Waals surface area contributed by atoms with Crippen molar-refractivity contribution >= 4 is 11.6 Å². The lowest BCUT2D eigenvalue weighted by atomic mass is 10.1. The molecular weight excluding hydrogens is 399 g/mol. The van der Waals surface area contributed by atoms with Crippen LogP contribution in [-0.4, -0.2) is 55.1 Å². The quantitative estimate of drug-likeness (QED) is 0.506. The van der Waals surface area contributed by atoms with Crippen molar-refractivity contribution in [1.82, 2.24) is 29.5 Å². The number of rotatable bonds is 4. The fourth-order valence-electron chi connectivity index (χ4n) is 3.55. The van der Waals surface area contributed by atoms with Gasteiger partial charge in [-0.25, -0.2) is 13.9 Å². The van der Waals surface area contributed by atoms with Crippen LogP contribution in [0.3, 0.4) is 0 Å². The zero-order valence-electron chi connectivity index (χ0n) is 16.6. The second-order valence-electron chi connectivity index (χ2n) is 7.28. The molecule has 31 heavy (non-hydrogen) atoms. The molecule has 156 valence electrons. The van der Waals surface area contributed by atoms with E-state index in [0.29, 0.717) is 36.9 Å². The minimum absolute atomic E-state index is 0.0879. The second kappa shape index (κ2) is 8.19. The molecule has 1 aliphatic heterocycles. The number of nitrogens with zero attached hydrogens (tertiary/aromatic N) is 6. The molecule has 1 unspecified atom stereocenters. The summed E-state index contributed by atoms with van der Waals surface area (Å²) in [6.07, 6.45) is 6.23. The van der Waals surface area contributed by atoms with Crippen LogP contribution in [0, 0.1) is 5.82 Å². The van der Waals surface area contributed by atoms with Gasteiger partial charge < -0.3 is 9.64 Å². The highest BCUT2D eigenvalue weighted by atomic mass is 19.1. The van der Waals surface area contributed by atoms with E-state index in [1.807, 2.05) is 30.5 Å². The minimum atomic E-state index is -0.424. The maximum atomic E-state index is 13.0. The zero-order valence-corrected chi connectivity index (χ0v) is 16.6. The van der Waals surface area contributed by atoms with Gasteiger partial charge in [-0.2, -0.15) is 0 Å². The molecule has 0 radical (unpaired) electrons. The predicted octanol–water partition coefficient (Wildman–Crippen LogP) is 2.47. The zero-order chi connectivity index (χ0) is 21.2. The Labute approximate surface area is 177 Å². The third kappa shape index (κ3) is 4.13. The van der Waals surface area contributed by atoms with E-state index in [2.05, 4.69) is 20.1 Å². The van der Waals surface area contributed by atoms with Gasteiger partial charge in [-0.3, -0.25) is 14.8 Å². The Morgan fingerprint density at radius 1 is 1.16 bits per heavy atom. The predicted molar refractivity (Wildman–Crippen MR) is 109 cm³/mol. The normalized spacial score (nSPS) is 16.5. The maximum Gasteiger partial charge on any atom is 0.228 e. The van der Waals surface area contributed by atoms with Crippen molar-refractivity contribution in [2.75, 3.05) is 19.7 Å². The van der Waals surface area contributed by atoms with Crippen LogP contribution in [0.2, 0.25) is 0 Å². The number of amides is 1. The van der Waals surface area contributed by atoms with Gasteiger partial charge in [-0.15, -0.1) is 5.10 Å². The molecule has 1 saturated heterocycles. The van der Waals surface area contributed by atoms with Crippen LogP contribution in [0.15, 0.2) is 61.2 Å². The minimum Gasteiger partial charge on any atom is -0.366 e. The van der Waals surface area contributed by atoms with Crippen molar-refractivity contribution in [3.8, 4) is 11.1 Å². The van der Waals surface area contributed by atoms with Crippen LogP contribution in [0.5, 0.6) is 0 Å². The van der Waals surface area contributed by atoms with E-state index in [0.717, 1.165) is 17.3 Å². The summed E-state index contributed by atoms with van der Waals surface area (Å²) in [4.78, 5) is 27.1. The molecule has 0 bridgehead atoms. The molecule has 0 aromatic carbocycles. The molecule has 0 N–H and O–H groups in total. The summed E-state index contributed by atoms with van der Waals surface area (Å²) in [5.41, 5.74) is 3.19. The summed E-state index contributed by atoms with van der Waals surface area (Å²) >= 11 is 0. The molecule has 5 heterocycles. The Morgan fingerprint density at radius 3 is 2.90 bits per heavy atom. The molecule has 0 saturated carbocycles. The number of hydrogen-bond acceptors (Lipinski definition) is 6. The van der Waals surface area contributed by atoms with E-state index in [1.54, 1.807) is 21.8 Å². The van der Waals surface area contributed by atoms with Gasteiger partial charge in [0.05, 0.1) is 25.8 Å². The number of carbonyl (C=O) groups is 1. The van der Waals surface area contributed by atoms with Gasteiger partial charge in [0.15, 0.2) is 11.5 Å². The fraction of sp³-hybridized carbons (Fsp3) is 0.227. The summed E-state index contributed by atoms with van der Waals surface area (Å²) in [6, 6.07) is 10.6. The Kier molecular flexibility index (Phi) is 5.09. The summed E-state index contributed by atoms with van der Waals surface area (Å²) in [5, 5.41) is 4.58. The summed E-state index contributed by atoms with van der Waals surface area (Å²) in [5.74, 6) is 0.0167. The van der Waals surface area contributed by atoms with Crippen molar-refractivity contribution in [2.45, 2.75) is 12.5 Å². The van der Waals surface area contributed by atoms with Crippen LogP contribution >= 0.6 is 0 Å². The summed E-state index contributed by atoms with van der Waals surface area (Å²) in [7, 11) is 0. The number of pyridine rings is 3. The average Bonchev–Trinajstić information content (AvgIpc) is 3.25. The monoisotopic (exact) mass is 418 g/mol. The first-order valence-electron chi connectivity index (χ1n) is 9.92. The number of ether oxygens (including phenoxy) is 1. The molecule has 1 fully saturated rings. The lowest BCUT2D eigenvalue weighted by Crippen LogP contribution is -2.43. The third-order valence-electron chi connectivity index (χ3n) is 5.17. The lowest BCUT2D eigenvalue weighted by Gasteiger charge is -2.31. The van der Waals surface area contributed by atoms with Gasteiger partial charge in [0.25, 0.3) is 0 Å². The highest BCUT2D eigenvalue weighted by Gasteiger charge is 2.28. The second-order valence-corrected chi connectivity index (χ2v) is 7.28. The summed E-state index contributed by atoms with van der Waals surface area (Å²) in [6.45, 7) is 1.23. The van der Waals surface area contributed by atoms with Crippen molar-refractivity contribution in [3.63, 3.8) is 0 Å². The third-order valence-corrected chi connectivity index (χ3v) is 5.17. The van der Waals surface area contributed by atoms with Crippen LogP contribution in [0.25, 0.3) is 16.8 Å². The molecular formula is C22H19FN6O2.